The Kier molecular flexibility index (Phi) is 32.0. The van der Waals surface area contributed by atoms with Gasteiger partial charge in [0, 0.05) is 19.1 Å². The van der Waals surface area contributed by atoms with E-state index in [9.17, 15) is 0 Å². The molecule has 7 nitrogen and oxygen atoms in total. The third-order valence-corrected chi connectivity index (χ3v) is 5.06. The first kappa shape index (κ1) is 33.0. The molecule has 8 heteroatoms. The van der Waals surface area contributed by atoms with Crippen LogP contribution in [-0.2, 0) is 33.2 Å². The number of unbranched alkanes of at least 4 members (excludes halogenated alkanes) is 7. The van der Waals surface area contributed by atoms with Gasteiger partial charge in [0.2, 0.25) is 0 Å². The molecule has 0 aromatic carbocycles. The third-order valence-electron chi connectivity index (χ3n) is 4.80. The maximum Gasteiger partial charge on any atom is 0.0701 e. The van der Waals surface area contributed by atoms with E-state index in [1.807, 2.05) is 0 Å². The molecule has 0 aromatic heterocycles. The van der Waals surface area contributed by atoms with E-state index in [-0.39, 0.29) is 0 Å². The van der Waals surface area contributed by atoms with Gasteiger partial charge in [0.25, 0.3) is 0 Å². The number of alkyl halides is 1. The number of hydrogen-bond donors (Lipinski definition) is 0. The molecule has 0 aliphatic heterocycles. The number of halogens is 1. The van der Waals surface area contributed by atoms with Gasteiger partial charge in [0.05, 0.1) is 79.3 Å². The van der Waals surface area contributed by atoms with Gasteiger partial charge in [-0.3, -0.25) is 0 Å². The van der Waals surface area contributed by atoms with E-state index >= 15 is 0 Å². The molecule has 0 radical (unpaired) electrons. The number of ether oxygens (including phenoxy) is 7. The molecule has 0 saturated heterocycles. The van der Waals surface area contributed by atoms with Gasteiger partial charge in [-0.15, -0.1) is 11.6 Å². The molecule has 0 heterocycles. The van der Waals surface area contributed by atoms with Crippen LogP contribution in [0.2, 0.25) is 0 Å². The Morgan fingerprint density at radius 2 is 0.606 bits per heavy atom. The lowest BCUT2D eigenvalue weighted by atomic mass is 10.2. The Hall–Kier alpha value is 0.01000. The lowest BCUT2D eigenvalue weighted by Crippen LogP contribution is -2.14. The zero-order valence-corrected chi connectivity index (χ0v) is 22.0. The van der Waals surface area contributed by atoms with E-state index in [4.69, 9.17) is 44.8 Å². The maximum absolute atomic E-state index is 5.64. The van der Waals surface area contributed by atoms with Crippen molar-refractivity contribution in [3.63, 3.8) is 0 Å². The SMILES string of the molecule is CCCCCCCOCCOCCOCCOCCOCCOCCOCCCCCCCl. The molecule has 0 aliphatic rings. The van der Waals surface area contributed by atoms with Gasteiger partial charge in [-0.25, -0.2) is 0 Å². The molecule has 0 bridgehead atoms. The van der Waals surface area contributed by atoms with Crippen molar-refractivity contribution >= 4 is 11.6 Å². The van der Waals surface area contributed by atoms with E-state index in [1.165, 1.54) is 38.5 Å². The van der Waals surface area contributed by atoms with Crippen LogP contribution >= 0.6 is 11.6 Å². The van der Waals surface area contributed by atoms with Crippen molar-refractivity contribution in [2.45, 2.75) is 64.7 Å². The van der Waals surface area contributed by atoms with Crippen molar-refractivity contribution in [3.8, 4) is 0 Å². The highest BCUT2D eigenvalue weighted by atomic mass is 35.5. The Bertz CT molecular complexity index is 308. The second-order valence-corrected chi connectivity index (χ2v) is 8.18. The number of rotatable bonds is 30. The molecule has 0 aromatic rings. The largest absolute Gasteiger partial charge is 0.379 e. The first-order valence-electron chi connectivity index (χ1n) is 13.0. The topological polar surface area (TPSA) is 64.6 Å². The molecule has 0 saturated carbocycles. The zero-order chi connectivity index (χ0) is 23.9. The average Bonchev–Trinajstić information content (AvgIpc) is 2.83. The minimum Gasteiger partial charge on any atom is -0.379 e. The monoisotopic (exact) mass is 498 g/mol. The van der Waals surface area contributed by atoms with Crippen LogP contribution in [0.25, 0.3) is 0 Å². The van der Waals surface area contributed by atoms with Crippen LogP contribution in [0.1, 0.15) is 64.7 Å². The summed E-state index contributed by atoms with van der Waals surface area (Å²) in [7, 11) is 0. The molecule has 0 atom stereocenters. The zero-order valence-electron chi connectivity index (χ0n) is 21.2. The quantitative estimate of drug-likeness (QED) is 0.103. The first-order valence-corrected chi connectivity index (χ1v) is 13.6. The van der Waals surface area contributed by atoms with Gasteiger partial charge in [-0.2, -0.15) is 0 Å². The van der Waals surface area contributed by atoms with E-state index < -0.39 is 0 Å². The van der Waals surface area contributed by atoms with Crippen molar-refractivity contribution in [1.29, 1.82) is 0 Å². The molecule has 0 spiro atoms. The predicted octanol–water partition coefficient (Wildman–Crippen LogP) is 4.87. The van der Waals surface area contributed by atoms with Crippen molar-refractivity contribution in [2.24, 2.45) is 0 Å². The minimum absolute atomic E-state index is 0.558. The highest BCUT2D eigenvalue weighted by Gasteiger charge is 1.95. The van der Waals surface area contributed by atoms with Gasteiger partial charge in [0.15, 0.2) is 0 Å². The molecule has 0 unspecified atom stereocenters. The van der Waals surface area contributed by atoms with Crippen LogP contribution in [0, 0.1) is 0 Å². The summed E-state index contributed by atoms with van der Waals surface area (Å²) in [5.41, 5.74) is 0. The summed E-state index contributed by atoms with van der Waals surface area (Å²) in [4.78, 5) is 0. The van der Waals surface area contributed by atoms with Gasteiger partial charge in [-0.1, -0.05) is 45.4 Å². The summed E-state index contributed by atoms with van der Waals surface area (Å²) in [6.07, 6.45) is 10.9. The fourth-order valence-electron chi connectivity index (χ4n) is 2.88. The predicted molar refractivity (Wildman–Crippen MR) is 134 cm³/mol. The normalized spacial score (nSPS) is 11.5. The number of hydrogen-bond acceptors (Lipinski definition) is 7. The van der Waals surface area contributed by atoms with Gasteiger partial charge < -0.3 is 33.2 Å². The lowest BCUT2D eigenvalue weighted by molar-refractivity contribution is -0.0206. The molecule has 0 amide bonds. The standard InChI is InChI=1S/C25H51ClO7/c1-2-3-4-6-9-12-27-14-16-29-18-20-31-22-24-33-25-23-32-21-19-30-17-15-28-13-10-7-5-8-11-26/h2-25H2,1H3. The highest BCUT2D eigenvalue weighted by Crippen LogP contribution is 2.02. The molecule has 200 valence electrons. The van der Waals surface area contributed by atoms with Crippen LogP contribution in [0.15, 0.2) is 0 Å². The van der Waals surface area contributed by atoms with E-state index in [0.29, 0.717) is 79.3 Å². The van der Waals surface area contributed by atoms with Gasteiger partial charge in [0.1, 0.15) is 0 Å². The van der Waals surface area contributed by atoms with Crippen molar-refractivity contribution in [3.05, 3.63) is 0 Å². The highest BCUT2D eigenvalue weighted by molar-refractivity contribution is 6.17. The molecule has 0 fully saturated rings. The van der Waals surface area contributed by atoms with Crippen molar-refractivity contribution in [1.82, 2.24) is 0 Å². The van der Waals surface area contributed by atoms with Crippen LogP contribution < -0.4 is 0 Å². The molecule has 0 rings (SSSR count). The smallest absolute Gasteiger partial charge is 0.0701 e. The van der Waals surface area contributed by atoms with E-state index in [2.05, 4.69) is 6.92 Å². The summed E-state index contributed by atoms with van der Waals surface area (Å²) in [6, 6.07) is 0. The first-order chi connectivity index (χ1) is 16.4. The Morgan fingerprint density at radius 3 is 0.909 bits per heavy atom. The second kappa shape index (κ2) is 32.0. The van der Waals surface area contributed by atoms with E-state index in [1.54, 1.807) is 0 Å². The molecule has 0 N–H and O–H groups in total. The van der Waals surface area contributed by atoms with Gasteiger partial charge >= 0.3 is 0 Å². The summed E-state index contributed by atoms with van der Waals surface area (Å²) in [6.45, 7) is 10.9. The summed E-state index contributed by atoms with van der Waals surface area (Å²) < 4.78 is 38.4. The maximum atomic E-state index is 5.64. The second-order valence-electron chi connectivity index (χ2n) is 7.80. The van der Waals surface area contributed by atoms with Crippen LogP contribution in [0.4, 0.5) is 0 Å². The van der Waals surface area contributed by atoms with Gasteiger partial charge in [-0.05, 0) is 19.3 Å². The summed E-state index contributed by atoms with van der Waals surface area (Å²) in [5.74, 6) is 0.753. The molecular formula is C25H51ClO7. The molecule has 0 aliphatic carbocycles. The summed E-state index contributed by atoms with van der Waals surface area (Å²) in [5, 5.41) is 0. The molecular weight excluding hydrogens is 448 g/mol. The van der Waals surface area contributed by atoms with Crippen LogP contribution in [0.5, 0.6) is 0 Å². The van der Waals surface area contributed by atoms with E-state index in [0.717, 1.165) is 38.4 Å². The fraction of sp³-hybridized carbons (Fsp3) is 1.00. The molecule has 33 heavy (non-hydrogen) atoms. The lowest BCUT2D eigenvalue weighted by Gasteiger charge is -2.08. The Morgan fingerprint density at radius 1 is 0.333 bits per heavy atom. The van der Waals surface area contributed by atoms with Crippen molar-refractivity contribution in [2.75, 3.05) is 98.4 Å². The summed E-state index contributed by atoms with van der Waals surface area (Å²) >= 11 is 5.64. The van der Waals surface area contributed by atoms with Crippen LogP contribution in [0.3, 0.4) is 0 Å². The fourth-order valence-corrected chi connectivity index (χ4v) is 3.07. The Balaban J connectivity index is 2.99. The third kappa shape index (κ3) is 32.0. The average molecular weight is 499 g/mol. The van der Waals surface area contributed by atoms with Crippen LogP contribution in [-0.4, -0.2) is 98.4 Å². The van der Waals surface area contributed by atoms with Crippen molar-refractivity contribution < 1.29 is 33.2 Å². The Labute approximate surface area is 208 Å². The minimum atomic E-state index is 0.558.